The average Bonchev–Trinajstić information content (AvgIpc) is 3.03. The smallest absolute Gasteiger partial charge is 0.325 e. The van der Waals surface area contributed by atoms with E-state index in [4.69, 9.17) is 0 Å². The number of carbonyl (C=O) groups excluding carboxylic acids is 4. The summed E-state index contributed by atoms with van der Waals surface area (Å²) in [4.78, 5) is 54.2. The fourth-order valence-electron chi connectivity index (χ4n) is 3.41. The van der Waals surface area contributed by atoms with Crippen molar-refractivity contribution in [1.82, 2.24) is 20.5 Å². The number of aromatic nitrogens is 1. The Morgan fingerprint density at radius 3 is 2.45 bits per heavy atom. The fourth-order valence-corrected chi connectivity index (χ4v) is 3.41. The van der Waals surface area contributed by atoms with Gasteiger partial charge in [0.05, 0.1) is 0 Å². The minimum atomic E-state index is -0.932. The Morgan fingerprint density at radius 1 is 1.10 bits per heavy atom. The molecule has 1 fully saturated rings. The van der Waals surface area contributed by atoms with E-state index in [1.807, 2.05) is 13.8 Å². The van der Waals surface area contributed by atoms with Gasteiger partial charge in [0, 0.05) is 30.2 Å². The quantitative estimate of drug-likeness (QED) is 0.561. The predicted octanol–water partition coefficient (Wildman–Crippen LogP) is 2.06. The number of carbonyl (C=O) groups is 4. The summed E-state index contributed by atoms with van der Waals surface area (Å²) in [5.74, 6) is -1.09. The van der Waals surface area contributed by atoms with Crippen LogP contribution in [0.25, 0.3) is 0 Å². The van der Waals surface area contributed by atoms with Crippen LogP contribution < -0.4 is 16.0 Å². The predicted molar refractivity (Wildman–Crippen MR) is 114 cm³/mol. The number of urea groups is 1. The number of nitrogens with zero attached hydrogens (tertiary/aromatic N) is 2. The van der Waals surface area contributed by atoms with Crippen molar-refractivity contribution in [3.8, 4) is 0 Å². The van der Waals surface area contributed by atoms with Crippen LogP contribution in [-0.2, 0) is 16.1 Å². The summed E-state index contributed by atoms with van der Waals surface area (Å²) in [5, 5.41) is 8.20. The van der Waals surface area contributed by atoms with Crippen molar-refractivity contribution >= 4 is 29.4 Å². The highest BCUT2D eigenvalue weighted by molar-refractivity contribution is 6.09. The van der Waals surface area contributed by atoms with Gasteiger partial charge in [-0.05, 0) is 42.7 Å². The number of nitrogens with one attached hydrogen (secondary N) is 3. The highest BCUT2D eigenvalue weighted by Gasteiger charge is 2.49. The van der Waals surface area contributed by atoms with Gasteiger partial charge in [-0.1, -0.05) is 26.0 Å². The summed E-state index contributed by atoms with van der Waals surface area (Å²) >= 11 is 0. The zero-order valence-electron chi connectivity index (χ0n) is 17.5. The molecule has 1 aliphatic rings. The molecule has 1 aromatic carbocycles. The molecule has 162 valence electrons. The summed E-state index contributed by atoms with van der Waals surface area (Å²) in [6.45, 7) is 3.50. The lowest BCUT2D eigenvalue weighted by molar-refractivity contribution is -0.135. The second kappa shape index (κ2) is 9.38. The van der Waals surface area contributed by atoms with E-state index >= 15 is 0 Å². The van der Waals surface area contributed by atoms with Crippen molar-refractivity contribution in [1.29, 1.82) is 0 Å². The first-order valence-electron chi connectivity index (χ1n) is 10.1. The molecular weight excluding hydrogens is 398 g/mol. The van der Waals surface area contributed by atoms with Crippen molar-refractivity contribution in [2.75, 3.05) is 11.9 Å². The fraction of sp³-hybridized carbons (Fsp3) is 0.318. The van der Waals surface area contributed by atoms with Gasteiger partial charge in [0.2, 0.25) is 5.91 Å². The van der Waals surface area contributed by atoms with Crippen molar-refractivity contribution in [2.45, 2.75) is 38.8 Å². The van der Waals surface area contributed by atoms with Gasteiger partial charge in [-0.2, -0.15) is 0 Å². The van der Waals surface area contributed by atoms with Gasteiger partial charge in [-0.25, -0.2) is 4.79 Å². The van der Waals surface area contributed by atoms with E-state index in [0.717, 1.165) is 10.5 Å². The summed E-state index contributed by atoms with van der Waals surface area (Å²) in [5.41, 5.74) is 0.893. The maximum absolute atomic E-state index is 12.6. The van der Waals surface area contributed by atoms with Gasteiger partial charge in [-0.15, -0.1) is 0 Å². The standard InChI is InChI=1S/C22H25N5O4/c1-3-22(4-2)20(30)27(21(31)26-22)14-18(28)24-13-15-6-5-7-17(12-15)25-19(29)16-8-10-23-11-9-16/h5-12H,3-4,13-14H2,1-2H3,(H,24,28)(H,25,29)(H,26,31). The largest absolute Gasteiger partial charge is 0.350 e. The summed E-state index contributed by atoms with van der Waals surface area (Å²) in [6, 6.07) is 9.72. The molecule has 0 saturated carbocycles. The number of anilines is 1. The number of hydrogen-bond donors (Lipinski definition) is 3. The van der Waals surface area contributed by atoms with Gasteiger partial charge in [0.25, 0.3) is 11.8 Å². The number of rotatable bonds is 8. The van der Waals surface area contributed by atoms with E-state index in [9.17, 15) is 19.2 Å². The van der Waals surface area contributed by atoms with Gasteiger partial charge in [0.1, 0.15) is 12.1 Å². The van der Waals surface area contributed by atoms with Crippen LogP contribution >= 0.6 is 0 Å². The Kier molecular flexibility index (Phi) is 6.64. The Balaban J connectivity index is 1.56. The number of pyridine rings is 1. The molecule has 0 spiro atoms. The molecule has 0 bridgehead atoms. The molecule has 3 rings (SSSR count). The first-order chi connectivity index (χ1) is 14.9. The first kappa shape index (κ1) is 21.9. The normalized spacial score (nSPS) is 14.8. The van der Waals surface area contributed by atoms with Crippen LogP contribution in [0.1, 0.15) is 42.6 Å². The molecule has 1 aromatic heterocycles. The van der Waals surface area contributed by atoms with Gasteiger partial charge < -0.3 is 16.0 Å². The molecule has 9 nitrogen and oxygen atoms in total. The van der Waals surface area contributed by atoms with E-state index in [1.54, 1.807) is 36.4 Å². The lowest BCUT2D eigenvalue weighted by atomic mass is 9.93. The molecule has 2 aromatic rings. The molecule has 0 unspecified atom stereocenters. The summed E-state index contributed by atoms with van der Waals surface area (Å²) < 4.78 is 0. The van der Waals surface area contributed by atoms with E-state index < -0.39 is 17.5 Å². The zero-order chi connectivity index (χ0) is 22.4. The van der Waals surface area contributed by atoms with Crippen LogP contribution in [0.15, 0.2) is 48.8 Å². The molecular formula is C22H25N5O4. The Morgan fingerprint density at radius 2 is 1.81 bits per heavy atom. The van der Waals surface area contributed by atoms with E-state index in [1.165, 1.54) is 12.4 Å². The van der Waals surface area contributed by atoms with Gasteiger partial charge in [0.15, 0.2) is 0 Å². The number of imide groups is 1. The monoisotopic (exact) mass is 423 g/mol. The molecule has 31 heavy (non-hydrogen) atoms. The van der Waals surface area contributed by atoms with E-state index in [-0.39, 0.29) is 24.9 Å². The third kappa shape index (κ3) is 4.88. The molecule has 3 N–H and O–H groups in total. The third-order valence-corrected chi connectivity index (χ3v) is 5.37. The number of benzene rings is 1. The molecule has 1 aliphatic heterocycles. The molecule has 0 atom stereocenters. The van der Waals surface area contributed by atoms with Crippen LogP contribution in [0.2, 0.25) is 0 Å². The Labute approximate surface area is 180 Å². The number of hydrogen-bond acceptors (Lipinski definition) is 5. The molecule has 5 amide bonds. The Hall–Kier alpha value is -3.75. The lowest BCUT2D eigenvalue weighted by Crippen LogP contribution is -2.46. The van der Waals surface area contributed by atoms with Crippen molar-refractivity contribution in [2.24, 2.45) is 0 Å². The second-order valence-corrected chi connectivity index (χ2v) is 7.28. The van der Waals surface area contributed by atoms with Gasteiger partial charge >= 0.3 is 6.03 Å². The summed E-state index contributed by atoms with van der Waals surface area (Å²) in [7, 11) is 0. The molecule has 9 heteroatoms. The molecule has 0 radical (unpaired) electrons. The average molecular weight is 423 g/mol. The second-order valence-electron chi connectivity index (χ2n) is 7.28. The molecule has 1 saturated heterocycles. The maximum Gasteiger partial charge on any atom is 0.325 e. The molecule has 2 heterocycles. The van der Waals surface area contributed by atoms with Crippen LogP contribution in [0.4, 0.5) is 10.5 Å². The topological polar surface area (TPSA) is 120 Å². The van der Waals surface area contributed by atoms with Crippen LogP contribution in [0.3, 0.4) is 0 Å². The zero-order valence-corrected chi connectivity index (χ0v) is 17.5. The lowest BCUT2D eigenvalue weighted by Gasteiger charge is -2.23. The van der Waals surface area contributed by atoms with Gasteiger partial charge in [-0.3, -0.25) is 24.3 Å². The maximum atomic E-state index is 12.6. The first-order valence-corrected chi connectivity index (χ1v) is 10.1. The van der Waals surface area contributed by atoms with E-state index in [0.29, 0.717) is 24.1 Å². The minimum Gasteiger partial charge on any atom is -0.350 e. The highest BCUT2D eigenvalue weighted by atomic mass is 16.2. The highest BCUT2D eigenvalue weighted by Crippen LogP contribution is 2.24. The van der Waals surface area contributed by atoms with Crippen LogP contribution in [-0.4, -0.2) is 45.7 Å². The molecule has 0 aliphatic carbocycles. The Bertz CT molecular complexity index is 988. The number of amides is 5. The van der Waals surface area contributed by atoms with Crippen LogP contribution in [0, 0.1) is 0 Å². The van der Waals surface area contributed by atoms with Crippen LogP contribution in [0.5, 0.6) is 0 Å². The van der Waals surface area contributed by atoms with E-state index in [2.05, 4.69) is 20.9 Å². The SMILES string of the molecule is CCC1(CC)NC(=O)N(CC(=O)NCc2cccc(NC(=O)c3ccncc3)c2)C1=O. The van der Waals surface area contributed by atoms with Crippen molar-refractivity contribution < 1.29 is 19.2 Å². The summed E-state index contributed by atoms with van der Waals surface area (Å²) in [6.07, 6.45) is 4.00. The van der Waals surface area contributed by atoms with Crippen molar-refractivity contribution in [3.05, 3.63) is 59.9 Å². The van der Waals surface area contributed by atoms with Crippen molar-refractivity contribution in [3.63, 3.8) is 0 Å². The third-order valence-electron chi connectivity index (χ3n) is 5.37. The minimum absolute atomic E-state index is 0.189.